The Morgan fingerprint density at radius 1 is 1.24 bits per heavy atom. The third-order valence-electron chi connectivity index (χ3n) is 2.98. The molecule has 1 aromatic rings. The van der Waals surface area contributed by atoms with E-state index in [1.807, 2.05) is 24.3 Å². The van der Waals surface area contributed by atoms with Gasteiger partial charge >= 0.3 is 0 Å². The van der Waals surface area contributed by atoms with Crippen LogP contribution < -0.4 is 5.32 Å². The first-order valence-corrected chi connectivity index (χ1v) is 7.37. The van der Waals surface area contributed by atoms with Gasteiger partial charge in [0.2, 0.25) is 0 Å². The number of nitrogens with one attached hydrogen (secondary N) is 1. The van der Waals surface area contributed by atoms with Crippen LogP contribution in [0.4, 0.5) is 0 Å². The van der Waals surface area contributed by atoms with E-state index in [1.54, 1.807) is 7.11 Å². The van der Waals surface area contributed by atoms with Gasteiger partial charge in [0.25, 0.3) is 0 Å². The van der Waals surface area contributed by atoms with Crippen molar-refractivity contribution in [2.24, 2.45) is 0 Å². The van der Waals surface area contributed by atoms with E-state index in [2.05, 4.69) is 5.32 Å². The Kier molecular flexibility index (Phi) is 9.58. The number of hydrogen-bond acceptors (Lipinski definition) is 5. The number of aliphatic hydroxyl groups is 2. The molecule has 3 N–H and O–H groups in total. The first kappa shape index (κ1) is 18.4. The van der Waals surface area contributed by atoms with E-state index in [0.29, 0.717) is 31.2 Å². The van der Waals surface area contributed by atoms with Crippen LogP contribution in [0.1, 0.15) is 12.0 Å². The zero-order valence-corrected chi connectivity index (χ0v) is 13.1. The summed E-state index contributed by atoms with van der Waals surface area (Å²) < 4.78 is 10.5. The van der Waals surface area contributed by atoms with Gasteiger partial charge in [-0.05, 0) is 24.1 Å². The van der Waals surface area contributed by atoms with Crippen molar-refractivity contribution in [3.63, 3.8) is 0 Å². The van der Waals surface area contributed by atoms with Crippen LogP contribution in [0.5, 0.6) is 0 Å². The quantitative estimate of drug-likeness (QED) is 0.572. The molecule has 0 saturated carbocycles. The molecule has 21 heavy (non-hydrogen) atoms. The maximum atomic E-state index is 9.84. The molecular formula is C15H24ClNO4. The second kappa shape index (κ2) is 11.0. The van der Waals surface area contributed by atoms with Gasteiger partial charge in [-0.15, -0.1) is 0 Å². The molecule has 0 aromatic heterocycles. The third-order valence-corrected chi connectivity index (χ3v) is 3.23. The standard InChI is InChI=1S/C15H24ClNO4/c1-20-10-14(6-7-18)17-8-15(19)11-21-9-12-2-4-13(16)5-3-12/h2-5,14-15,17-19H,6-11H2,1H3. The third kappa shape index (κ3) is 8.36. The van der Waals surface area contributed by atoms with Gasteiger partial charge in [0.15, 0.2) is 0 Å². The summed E-state index contributed by atoms with van der Waals surface area (Å²) in [6.07, 6.45) is -0.0121. The fourth-order valence-electron chi connectivity index (χ4n) is 1.86. The maximum Gasteiger partial charge on any atom is 0.0897 e. The molecule has 2 atom stereocenters. The van der Waals surface area contributed by atoms with Crippen LogP contribution >= 0.6 is 11.6 Å². The number of methoxy groups -OCH3 is 1. The number of benzene rings is 1. The van der Waals surface area contributed by atoms with Crippen molar-refractivity contribution < 1.29 is 19.7 Å². The SMILES string of the molecule is COCC(CCO)NCC(O)COCc1ccc(Cl)cc1. The molecule has 0 radical (unpaired) electrons. The van der Waals surface area contributed by atoms with Crippen molar-refractivity contribution >= 4 is 11.6 Å². The molecule has 6 heteroatoms. The van der Waals surface area contributed by atoms with Crippen LogP contribution in [-0.2, 0) is 16.1 Å². The average Bonchev–Trinajstić information content (AvgIpc) is 2.47. The normalized spacial score (nSPS) is 14.1. The molecule has 0 saturated heterocycles. The van der Waals surface area contributed by atoms with Crippen molar-refractivity contribution in [3.8, 4) is 0 Å². The lowest BCUT2D eigenvalue weighted by Gasteiger charge is -2.19. The number of aliphatic hydroxyl groups excluding tert-OH is 2. The Hall–Kier alpha value is -0.690. The summed E-state index contributed by atoms with van der Waals surface area (Å²) in [5, 5.41) is 22.6. The summed E-state index contributed by atoms with van der Waals surface area (Å²) in [5.74, 6) is 0. The summed E-state index contributed by atoms with van der Waals surface area (Å²) in [6, 6.07) is 7.43. The van der Waals surface area contributed by atoms with Crippen LogP contribution in [0.2, 0.25) is 5.02 Å². The molecule has 0 aliphatic rings. The van der Waals surface area contributed by atoms with E-state index in [-0.39, 0.29) is 19.3 Å². The summed E-state index contributed by atoms with van der Waals surface area (Å²) >= 11 is 5.80. The van der Waals surface area contributed by atoms with Crippen LogP contribution in [0.3, 0.4) is 0 Å². The highest BCUT2D eigenvalue weighted by molar-refractivity contribution is 6.30. The maximum absolute atomic E-state index is 9.84. The van der Waals surface area contributed by atoms with Crippen molar-refractivity contribution in [2.75, 3.05) is 33.5 Å². The predicted molar refractivity (Wildman–Crippen MR) is 82.5 cm³/mol. The highest BCUT2D eigenvalue weighted by Crippen LogP contribution is 2.10. The van der Waals surface area contributed by atoms with Crippen LogP contribution in [0.25, 0.3) is 0 Å². The number of halogens is 1. The molecule has 0 spiro atoms. The van der Waals surface area contributed by atoms with E-state index in [0.717, 1.165) is 5.56 Å². The minimum absolute atomic E-state index is 0.0333. The fourth-order valence-corrected chi connectivity index (χ4v) is 1.98. The Bertz CT molecular complexity index is 368. The van der Waals surface area contributed by atoms with Crippen LogP contribution in [-0.4, -0.2) is 55.8 Å². The van der Waals surface area contributed by atoms with Crippen LogP contribution in [0, 0.1) is 0 Å². The molecule has 2 unspecified atom stereocenters. The Morgan fingerprint density at radius 3 is 2.57 bits per heavy atom. The van der Waals surface area contributed by atoms with E-state index in [1.165, 1.54) is 0 Å². The van der Waals surface area contributed by atoms with Crippen molar-refractivity contribution in [1.82, 2.24) is 5.32 Å². The topological polar surface area (TPSA) is 71.0 Å². The number of ether oxygens (including phenoxy) is 2. The van der Waals surface area contributed by atoms with E-state index in [4.69, 9.17) is 26.2 Å². The summed E-state index contributed by atoms with van der Waals surface area (Å²) in [6.45, 7) is 1.67. The second-order valence-corrected chi connectivity index (χ2v) is 5.30. The van der Waals surface area contributed by atoms with Gasteiger partial charge in [0.05, 0.1) is 25.9 Å². The molecule has 0 aliphatic carbocycles. The molecule has 120 valence electrons. The summed E-state index contributed by atoms with van der Waals surface area (Å²) in [5.41, 5.74) is 1.01. The minimum Gasteiger partial charge on any atom is -0.396 e. The van der Waals surface area contributed by atoms with E-state index >= 15 is 0 Å². The smallest absolute Gasteiger partial charge is 0.0897 e. The molecule has 0 aliphatic heterocycles. The molecule has 1 rings (SSSR count). The summed E-state index contributed by atoms with van der Waals surface area (Å²) in [4.78, 5) is 0. The van der Waals surface area contributed by atoms with Gasteiger partial charge in [-0.25, -0.2) is 0 Å². The van der Waals surface area contributed by atoms with Gasteiger partial charge in [-0.3, -0.25) is 0 Å². The monoisotopic (exact) mass is 317 g/mol. The van der Waals surface area contributed by atoms with E-state index < -0.39 is 6.10 Å². The number of rotatable bonds is 11. The van der Waals surface area contributed by atoms with E-state index in [9.17, 15) is 5.11 Å². The molecule has 0 heterocycles. The molecule has 0 amide bonds. The first-order chi connectivity index (χ1) is 10.2. The zero-order chi connectivity index (χ0) is 15.5. The van der Waals surface area contributed by atoms with Crippen molar-refractivity contribution in [2.45, 2.75) is 25.2 Å². The van der Waals surface area contributed by atoms with Crippen molar-refractivity contribution in [3.05, 3.63) is 34.9 Å². The molecule has 0 bridgehead atoms. The summed E-state index contributed by atoms with van der Waals surface area (Å²) in [7, 11) is 1.61. The van der Waals surface area contributed by atoms with Gasteiger partial charge in [-0.2, -0.15) is 0 Å². The van der Waals surface area contributed by atoms with Gasteiger partial charge in [0, 0.05) is 31.3 Å². The van der Waals surface area contributed by atoms with Crippen molar-refractivity contribution in [1.29, 1.82) is 0 Å². The molecular weight excluding hydrogens is 294 g/mol. The average molecular weight is 318 g/mol. The number of hydrogen-bond donors (Lipinski definition) is 3. The predicted octanol–water partition coefficient (Wildman–Crippen LogP) is 1.20. The molecule has 1 aromatic carbocycles. The fraction of sp³-hybridized carbons (Fsp3) is 0.600. The first-order valence-electron chi connectivity index (χ1n) is 6.99. The highest BCUT2D eigenvalue weighted by Gasteiger charge is 2.10. The van der Waals surface area contributed by atoms with Crippen LogP contribution in [0.15, 0.2) is 24.3 Å². The Balaban J connectivity index is 2.18. The Labute approximate surface area is 130 Å². The second-order valence-electron chi connectivity index (χ2n) is 4.87. The molecule has 0 fully saturated rings. The zero-order valence-electron chi connectivity index (χ0n) is 12.3. The minimum atomic E-state index is -0.602. The lowest BCUT2D eigenvalue weighted by molar-refractivity contribution is 0.0252. The van der Waals surface area contributed by atoms with Gasteiger partial charge in [-0.1, -0.05) is 23.7 Å². The molecule has 5 nitrogen and oxygen atoms in total. The van der Waals surface area contributed by atoms with Gasteiger partial charge < -0.3 is 25.0 Å². The van der Waals surface area contributed by atoms with Gasteiger partial charge in [0.1, 0.15) is 0 Å². The Morgan fingerprint density at radius 2 is 1.95 bits per heavy atom. The lowest BCUT2D eigenvalue weighted by Crippen LogP contribution is -2.40. The lowest BCUT2D eigenvalue weighted by atomic mass is 10.2. The largest absolute Gasteiger partial charge is 0.396 e. The highest BCUT2D eigenvalue weighted by atomic mass is 35.5.